The summed E-state index contributed by atoms with van der Waals surface area (Å²) in [5.41, 5.74) is 0.201. The van der Waals surface area contributed by atoms with Gasteiger partial charge in [0, 0.05) is 10.5 Å². The number of H-pyrrole nitrogens is 1. The summed E-state index contributed by atoms with van der Waals surface area (Å²) < 4.78 is 0.731. The smallest absolute Gasteiger partial charge is 0.288 e. The van der Waals surface area contributed by atoms with E-state index < -0.39 is 10.5 Å². The molecule has 0 amide bonds. The van der Waals surface area contributed by atoms with Crippen molar-refractivity contribution in [1.82, 2.24) is 9.97 Å². The Morgan fingerprint density at radius 2 is 2.12 bits per heavy atom. The lowest BCUT2D eigenvalue weighted by molar-refractivity contribution is -0.384. The molecule has 0 saturated carbocycles. The van der Waals surface area contributed by atoms with E-state index in [0.29, 0.717) is 16.5 Å². The molecule has 0 fully saturated rings. The molecule has 3 rings (SSSR count). The van der Waals surface area contributed by atoms with Crippen LogP contribution < -0.4 is 5.56 Å². The zero-order chi connectivity index (χ0) is 18.8. The Balaban J connectivity index is 2.14. The zero-order valence-corrected chi connectivity index (χ0v) is 15.2. The highest BCUT2D eigenvalue weighted by atomic mass is 79.9. The fourth-order valence-corrected chi connectivity index (χ4v) is 2.87. The van der Waals surface area contributed by atoms with Crippen molar-refractivity contribution in [3.8, 4) is 6.07 Å². The van der Waals surface area contributed by atoms with E-state index in [1.807, 2.05) is 6.07 Å². The second-order valence-corrected chi connectivity index (χ2v) is 6.54. The number of hydrogen-bond donors (Lipinski definition) is 1. The fourth-order valence-electron chi connectivity index (χ4n) is 2.32. The summed E-state index contributed by atoms with van der Waals surface area (Å²) in [6, 6.07) is 11.1. The number of benzene rings is 2. The summed E-state index contributed by atoms with van der Waals surface area (Å²) in [6.07, 6.45) is 1.40. The molecule has 2 aromatic carbocycles. The Labute approximate surface area is 159 Å². The van der Waals surface area contributed by atoms with Crippen LogP contribution in [0, 0.1) is 21.4 Å². The highest BCUT2D eigenvalue weighted by Gasteiger charge is 2.14. The highest BCUT2D eigenvalue weighted by Crippen LogP contribution is 2.27. The molecule has 0 unspecified atom stereocenters. The first-order valence-corrected chi connectivity index (χ1v) is 8.32. The molecule has 1 aromatic heterocycles. The summed E-state index contributed by atoms with van der Waals surface area (Å²) in [5, 5.41) is 20.8. The number of halogens is 2. The maximum absolute atomic E-state index is 12.3. The van der Waals surface area contributed by atoms with Crippen molar-refractivity contribution in [2.45, 2.75) is 0 Å². The number of allylic oxidation sites excluding steroid dienone is 1. The number of rotatable bonds is 3. The van der Waals surface area contributed by atoms with Gasteiger partial charge in [-0.1, -0.05) is 33.6 Å². The zero-order valence-electron chi connectivity index (χ0n) is 12.9. The second kappa shape index (κ2) is 7.07. The van der Waals surface area contributed by atoms with Crippen LogP contribution in [0.5, 0.6) is 0 Å². The van der Waals surface area contributed by atoms with E-state index in [-0.39, 0.29) is 22.1 Å². The Kier molecular flexibility index (Phi) is 4.84. The van der Waals surface area contributed by atoms with Gasteiger partial charge in [0.2, 0.25) is 0 Å². The summed E-state index contributed by atoms with van der Waals surface area (Å²) >= 11 is 9.07. The van der Waals surface area contributed by atoms with Gasteiger partial charge in [0.15, 0.2) is 5.82 Å². The lowest BCUT2D eigenvalue weighted by Crippen LogP contribution is -2.11. The van der Waals surface area contributed by atoms with Crippen LogP contribution >= 0.6 is 27.5 Å². The number of nitro groups is 1. The van der Waals surface area contributed by atoms with E-state index >= 15 is 0 Å². The van der Waals surface area contributed by atoms with Gasteiger partial charge in [-0.15, -0.1) is 0 Å². The molecule has 0 aliphatic carbocycles. The topological polar surface area (TPSA) is 113 Å². The first-order chi connectivity index (χ1) is 12.4. The molecule has 128 valence electrons. The monoisotopic (exact) mass is 430 g/mol. The third-order valence-corrected chi connectivity index (χ3v) is 4.33. The van der Waals surface area contributed by atoms with Crippen LogP contribution in [0.3, 0.4) is 0 Å². The first-order valence-electron chi connectivity index (χ1n) is 7.15. The molecule has 0 aliphatic heterocycles. The minimum atomic E-state index is -0.611. The summed E-state index contributed by atoms with van der Waals surface area (Å²) in [5.74, 6) is 0.0740. The van der Waals surface area contributed by atoms with Crippen molar-refractivity contribution in [3.05, 3.63) is 77.7 Å². The molecule has 7 nitrogen and oxygen atoms in total. The Morgan fingerprint density at radius 3 is 2.81 bits per heavy atom. The van der Waals surface area contributed by atoms with Crippen LogP contribution in [0.15, 0.2) is 45.7 Å². The molecule has 0 bridgehead atoms. The van der Waals surface area contributed by atoms with Gasteiger partial charge in [0.25, 0.3) is 11.2 Å². The number of hydrogen-bond acceptors (Lipinski definition) is 5. The second-order valence-electron chi connectivity index (χ2n) is 5.21. The lowest BCUT2D eigenvalue weighted by Gasteiger charge is -2.03. The average Bonchev–Trinajstić information content (AvgIpc) is 2.61. The van der Waals surface area contributed by atoms with E-state index in [4.69, 9.17) is 11.6 Å². The van der Waals surface area contributed by atoms with Crippen LogP contribution in [0.1, 0.15) is 11.4 Å². The van der Waals surface area contributed by atoms with Crippen molar-refractivity contribution in [2.24, 2.45) is 0 Å². The van der Waals surface area contributed by atoms with Crippen LogP contribution in [0.2, 0.25) is 5.02 Å². The quantitative estimate of drug-likeness (QED) is 0.377. The normalized spacial score (nSPS) is 11.3. The third kappa shape index (κ3) is 3.49. The standard InChI is InChI=1S/C17H8BrClN4O3/c18-11-2-4-14-12(7-11)17(24)22-16(21-14)10(8-20)5-9-1-3-13(19)15(6-9)23(25)26/h1-7H,(H,21,22,24)/b10-5+. The van der Waals surface area contributed by atoms with Crippen molar-refractivity contribution < 1.29 is 4.92 Å². The van der Waals surface area contributed by atoms with Gasteiger partial charge in [-0.25, -0.2) is 4.98 Å². The molecule has 9 heteroatoms. The number of nitrogens with zero attached hydrogens (tertiary/aromatic N) is 3. The van der Waals surface area contributed by atoms with E-state index in [9.17, 15) is 20.2 Å². The maximum Gasteiger partial charge on any atom is 0.288 e. The fraction of sp³-hybridized carbons (Fsp3) is 0. The van der Waals surface area contributed by atoms with Crippen molar-refractivity contribution in [3.63, 3.8) is 0 Å². The number of nitrogens with one attached hydrogen (secondary N) is 1. The SMILES string of the molecule is N#C/C(=C\c1ccc(Cl)c([N+](=O)[O-])c1)c1nc2ccc(Br)cc2c(=O)[nH]1. The number of aromatic amines is 1. The predicted molar refractivity (Wildman–Crippen MR) is 102 cm³/mol. The third-order valence-electron chi connectivity index (χ3n) is 3.52. The Bertz CT molecular complexity index is 1180. The van der Waals surface area contributed by atoms with Crippen molar-refractivity contribution >= 4 is 55.8 Å². The Hall–Kier alpha value is -3.02. The molecule has 1 heterocycles. The molecule has 26 heavy (non-hydrogen) atoms. The summed E-state index contributed by atoms with van der Waals surface area (Å²) in [6.45, 7) is 0. The predicted octanol–water partition coefficient (Wildman–Crippen LogP) is 4.31. The molecule has 0 spiro atoms. The van der Waals surface area contributed by atoms with Gasteiger partial charge in [0.1, 0.15) is 11.1 Å². The number of aromatic nitrogens is 2. The molecule has 0 radical (unpaired) electrons. The minimum Gasteiger partial charge on any atom is -0.305 e. The van der Waals surface area contributed by atoms with E-state index in [0.717, 1.165) is 4.47 Å². The largest absolute Gasteiger partial charge is 0.305 e. The summed E-state index contributed by atoms with van der Waals surface area (Å²) in [7, 11) is 0. The van der Waals surface area contributed by atoms with Gasteiger partial charge in [-0.3, -0.25) is 14.9 Å². The van der Waals surface area contributed by atoms with E-state index in [1.54, 1.807) is 18.2 Å². The molecule has 0 atom stereocenters. The van der Waals surface area contributed by atoms with Gasteiger partial charge >= 0.3 is 0 Å². The van der Waals surface area contributed by atoms with E-state index in [2.05, 4.69) is 25.9 Å². The van der Waals surface area contributed by atoms with Gasteiger partial charge in [-0.2, -0.15) is 5.26 Å². The number of nitriles is 1. The highest BCUT2D eigenvalue weighted by molar-refractivity contribution is 9.10. The van der Waals surface area contributed by atoms with Crippen LogP contribution in [0.25, 0.3) is 22.6 Å². The molecular formula is C17H8BrClN4O3. The van der Waals surface area contributed by atoms with Crippen LogP contribution in [0.4, 0.5) is 5.69 Å². The molecule has 3 aromatic rings. The molecule has 0 saturated heterocycles. The van der Waals surface area contributed by atoms with E-state index in [1.165, 1.54) is 24.3 Å². The average molecular weight is 432 g/mol. The van der Waals surface area contributed by atoms with Gasteiger partial charge in [0.05, 0.1) is 21.4 Å². The molecule has 0 aliphatic rings. The van der Waals surface area contributed by atoms with Gasteiger partial charge < -0.3 is 4.98 Å². The van der Waals surface area contributed by atoms with Crippen LogP contribution in [-0.2, 0) is 0 Å². The van der Waals surface area contributed by atoms with Crippen LogP contribution in [-0.4, -0.2) is 14.9 Å². The maximum atomic E-state index is 12.3. The minimum absolute atomic E-state index is 0.00604. The van der Waals surface area contributed by atoms with Crippen molar-refractivity contribution in [1.29, 1.82) is 5.26 Å². The molecular weight excluding hydrogens is 424 g/mol. The van der Waals surface area contributed by atoms with Crippen molar-refractivity contribution in [2.75, 3.05) is 0 Å². The Morgan fingerprint density at radius 1 is 1.35 bits per heavy atom. The van der Waals surface area contributed by atoms with Gasteiger partial charge in [-0.05, 0) is 35.9 Å². The molecule has 1 N–H and O–H groups in total. The first kappa shape index (κ1) is 17.8. The number of fused-ring (bicyclic) bond motifs is 1. The lowest BCUT2D eigenvalue weighted by atomic mass is 10.1. The number of nitro benzene ring substituents is 1. The summed E-state index contributed by atoms with van der Waals surface area (Å²) in [4.78, 5) is 29.5.